The number of aromatic nitrogens is 4. The Balaban J connectivity index is 0.707. The van der Waals surface area contributed by atoms with Gasteiger partial charge >= 0.3 is 6.09 Å². The highest BCUT2D eigenvalue weighted by Crippen LogP contribution is 2.35. The minimum Gasteiger partial charge on any atom is -0.445 e. The van der Waals surface area contributed by atoms with Crippen LogP contribution < -0.4 is 21.3 Å². The third-order valence-corrected chi connectivity index (χ3v) is 16.1. The molecule has 458 valence electrons. The third-order valence-electron chi connectivity index (χ3n) is 16.1. The molecule has 23 nitrogen and oxygen atoms in total. The molecule has 0 aliphatic carbocycles. The molecule has 0 radical (unpaired) electrons. The molecule has 0 unspecified atom stereocenters. The lowest BCUT2D eigenvalue weighted by molar-refractivity contribution is -0.137. The van der Waals surface area contributed by atoms with Gasteiger partial charge in [0.25, 0.3) is 35.4 Å². The van der Waals surface area contributed by atoms with E-state index in [0.717, 1.165) is 32.1 Å². The van der Waals surface area contributed by atoms with Crippen LogP contribution in [0, 0.1) is 0 Å². The minimum absolute atomic E-state index is 0.0761. The number of rotatable bonds is 27. The van der Waals surface area contributed by atoms with Gasteiger partial charge < -0.3 is 40.0 Å². The minimum atomic E-state index is -1.05. The normalized spacial score (nSPS) is 14.2. The molecule has 11 rings (SSSR count). The van der Waals surface area contributed by atoms with Crippen LogP contribution in [-0.2, 0) is 41.7 Å². The second-order valence-electron chi connectivity index (χ2n) is 22.0. The second kappa shape index (κ2) is 27.4. The van der Waals surface area contributed by atoms with Crippen LogP contribution in [0.2, 0.25) is 0 Å². The number of anilines is 1. The van der Waals surface area contributed by atoms with Crippen molar-refractivity contribution in [3.05, 3.63) is 198 Å². The molecule has 4 N–H and O–H groups in total. The van der Waals surface area contributed by atoms with Gasteiger partial charge in [0.15, 0.2) is 0 Å². The van der Waals surface area contributed by atoms with Gasteiger partial charge in [0.2, 0.25) is 17.7 Å². The summed E-state index contributed by atoms with van der Waals surface area (Å²) in [5.74, 6) is -4.03. The quantitative estimate of drug-likeness (QED) is 0.0315. The summed E-state index contributed by atoms with van der Waals surface area (Å²) in [6.45, 7) is 2.16. The van der Waals surface area contributed by atoms with Gasteiger partial charge in [-0.1, -0.05) is 73.2 Å². The Morgan fingerprint density at radius 2 is 1.13 bits per heavy atom. The summed E-state index contributed by atoms with van der Waals surface area (Å²) in [6, 6.07) is 31.4. The van der Waals surface area contributed by atoms with Gasteiger partial charge in [0, 0.05) is 139 Å². The number of carbonyl (C=O) groups excluding carboxylic acids is 10. The fourth-order valence-corrected chi connectivity index (χ4v) is 11.4. The van der Waals surface area contributed by atoms with E-state index >= 15 is 0 Å². The van der Waals surface area contributed by atoms with Crippen molar-refractivity contribution in [1.82, 2.24) is 54.7 Å². The first-order valence-electron chi connectivity index (χ1n) is 29.7. The molecule has 0 spiro atoms. The van der Waals surface area contributed by atoms with E-state index in [2.05, 4.69) is 31.2 Å². The Morgan fingerprint density at radius 1 is 0.544 bits per heavy atom. The highest BCUT2D eigenvalue weighted by molar-refractivity contribution is 6.27. The number of imidazole rings is 2. The van der Waals surface area contributed by atoms with Crippen molar-refractivity contribution in [1.29, 1.82) is 0 Å². The maximum atomic E-state index is 14.2. The topological polar surface area (TPSA) is 277 Å². The number of hydrogen-bond donors (Lipinski definition) is 4. The van der Waals surface area contributed by atoms with Crippen molar-refractivity contribution in [3.8, 4) is 11.4 Å². The van der Waals surface area contributed by atoms with Crippen LogP contribution in [0.25, 0.3) is 32.9 Å². The molecule has 2 aromatic heterocycles. The van der Waals surface area contributed by atoms with Crippen molar-refractivity contribution >= 4 is 86.5 Å². The number of imide groups is 3. The lowest BCUT2D eigenvalue weighted by Gasteiger charge is -2.30. The zero-order chi connectivity index (χ0) is 62.8. The highest BCUT2D eigenvalue weighted by Gasteiger charge is 2.36. The standard InChI is InChI=1S/C67H64N12O11/c1-43(71-56(80)17-6-3-7-33-77-57(81)26-27-58(77)82)61(83)73-53(39-44-11-4-2-5-12-44)62(84)72-46-20-18-45(19-21-46)40-90-67(89)74(37-38-79-64(86)50-16-9-14-48-55(76-35-30-70-42-76)25-23-52(60(48)50)66(79)88)32-10-28-68-31-36-78-63(85)49-15-8-13-47-54(75-34-29-69-41-75)24-22-51(59(47)49)65(78)87/h2,4-5,8-9,11-16,18-27,29-30,34-35,41-43,53,68H,3,6-7,10,17,28,31-33,36-40H2,1H3,(H,71,80)(H,72,84)(H,73,83)/t43-,53-/m0/s1. The molecule has 6 aromatic carbocycles. The third kappa shape index (κ3) is 13.3. The maximum Gasteiger partial charge on any atom is 0.410 e. The second-order valence-corrected chi connectivity index (χ2v) is 22.0. The van der Waals surface area contributed by atoms with Gasteiger partial charge in [-0.2, -0.15) is 0 Å². The smallest absolute Gasteiger partial charge is 0.410 e. The Hall–Kier alpha value is -10.9. The van der Waals surface area contributed by atoms with E-state index < -0.39 is 53.6 Å². The van der Waals surface area contributed by atoms with E-state index in [0.29, 0.717) is 81.9 Å². The van der Waals surface area contributed by atoms with Gasteiger partial charge in [0.05, 0.1) is 24.0 Å². The average Bonchev–Trinajstić information content (AvgIpc) is 0.865. The van der Waals surface area contributed by atoms with E-state index in [4.69, 9.17) is 4.74 Å². The molecule has 8 aromatic rings. The van der Waals surface area contributed by atoms with Crippen LogP contribution >= 0.6 is 0 Å². The largest absolute Gasteiger partial charge is 0.445 e. The van der Waals surface area contributed by atoms with Crippen LogP contribution in [0.3, 0.4) is 0 Å². The molecule has 3 aliphatic heterocycles. The summed E-state index contributed by atoms with van der Waals surface area (Å²) >= 11 is 0. The van der Waals surface area contributed by atoms with E-state index in [-0.39, 0.29) is 76.4 Å². The van der Waals surface area contributed by atoms with Crippen molar-refractivity contribution in [2.75, 3.05) is 51.1 Å². The van der Waals surface area contributed by atoms with E-state index in [1.165, 1.54) is 28.9 Å². The zero-order valence-electron chi connectivity index (χ0n) is 49.2. The van der Waals surface area contributed by atoms with Crippen molar-refractivity contribution < 1.29 is 52.7 Å². The summed E-state index contributed by atoms with van der Waals surface area (Å²) in [5, 5.41) is 14.2. The lowest BCUT2D eigenvalue weighted by Crippen LogP contribution is -2.52. The number of unbranched alkanes of at least 4 members (excludes halogenated alkanes) is 2. The molecular formula is C67H64N12O11. The van der Waals surface area contributed by atoms with Crippen LogP contribution in [0.4, 0.5) is 10.5 Å². The molecule has 2 atom stereocenters. The Bertz CT molecular complexity index is 4050. The number of nitrogens with one attached hydrogen (secondary N) is 4. The van der Waals surface area contributed by atoms with Gasteiger partial charge in [0.1, 0.15) is 18.7 Å². The number of nitrogens with zero attached hydrogens (tertiary/aromatic N) is 8. The zero-order valence-corrected chi connectivity index (χ0v) is 49.2. The number of benzene rings is 6. The Labute approximate surface area is 516 Å². The van der Waals surface area contributed by atoms with Gasteiger partial charge in [-0.15, -0.1) is 0 Å². The number of ether oxygens (including phenoxy) is 1. The summed E-state index contributed by atoms with van der Waals surface area (Å²) < 4.78 is 9.50. The first-order chi connectivity index (χ1) is 43.7. The first kappa shape index (κ1) is 60.7. The predicted octanol–water partition coefficient (Wildman–Crippen LogP) is 6.53. The van der Waals surface area contributed by atoms with Gasteiger partial charge in [-0.3, -0.25) is 57.9 Å². The molecule has 90 heavy (non-hydrogen) atoms. The molecule has 0 saturated heterocycles. The lowest BCUT2D eigenvalue weighted by atomic mass is 9.93. The van der Waals surface area contributed by atoms with Crippen LogP contribution in [0.15, 0.2) is 165 Å². The maximum absolute atomic E-state index is 14.2. The van der Waals surface area contributed by atoms with Crippen molar-refractivity contribution in [2.45, 2.75) is 64.1 Å². The van der Waals surface area contributed by atoms with Gasteiger partial charge in [-0.05, 0) is 92.4 Å². The summed E-state index contributed by atoms with van der Waals surface area (Å²) in [5.41, 5.74) is 4.79. The highest BCUT2D eigenvalue weighted by atomic mass is 16.6. The summed E-state index contributed by atoms with van der Waals surface area (Å²) in [7, 11) is 0. The van der Waals surface area contributed by atoms with Crippen LogP contribution in [0.1, 0.15) is 91.6 Å². The monoisotopic (exact) mass is 1210 g/mol. The molecule has 23 heteroatoms. The fraction of sp³-hybridized carbons (Fsp3) is 0.254. The molecule has 3 aliphatic rings. The SMILES string of the molecule is C[C@H](NC(=O)CCCCCN1C(=O)C=CC1=O)C(=O)N[C@@H](Cc1ccccc1)C(=O)Nc1ccc(COC(=O)N(CCCNCCN2C(=O)c3cccc4c(-n5ccnc5)ccc(c34)C2=O)CCN2C(=O)c3cccc4c(-n5ccnc5)ccc(c34)C2=O)cc1. The first-order valence-corrected chi connectivity index (χ1v) is 29.7. The fourth-order valence-electron chi connectivity index (χ4n) is 11.4. The van der Waals surface area contributed by atoms with Crippen LogP contribution in [0.5, 0.6) is 0 Å². The van der Waals surface area contributed by atoms with Crippen molar-refractivity contribution in [3.63, 3.8) is 0 Å². The summed E-state index contributed by atoms with van der Waals surface area (Å²) in [6.07, 6.45) is 14.1. The number of carbonyl (C=O) groups is 10. The van der Waals surface area contributed by atoms with E-state index in [1.54, 1.807) is 109 Å². The number of hydrogen-bond acceptors (Lipinski definition) is 14. The van der Waals surface area contributed by atoms with E-state index in [1.807, 2.05) is 53.1 Å². The molecule has 0 fully saturated rings. The summed E-state index contributed by atoms with van der Waals surface area (Å²) in [4.78, 5) is 147. The van der Waals surface area contributed by atoms with Gasteiger partial charge in [-0.25, -0.2) is 14.8 Å². The van der Waals surface area contributed by atoms with Crippen LogP contribution in [-0.4, -0.2) is 156 Å². The molecular weight excluding hydrogens is 1150 g/mol. The molecule has 0 saturated carbocycles. The number of amides is 10. The average molecular weight is 1210 g/mol. The van der Waals surface area contributed by atoms with E-state index in [9.17, 15) is 47.9 Å². The molecule has 0 bridgehead atoms. The Morgan fingerprint density at radius 3 is 1.72 bits per heavy atom. The molecule has 10 amide bonds. The van der Waals surface area contributed by atoms with Crippen molar-refractivity contribution in [2.24, 2.45) is 0 Å². The Kier molecular flexibility index (Phi) is 18.5. The predicted molar refractivity (Wildman–Crippen MR) is 331 cm³/mol. The molecule has 5 heterocycles.